The summed E-state index contributed by atoms with van der Waals surface area (Å²) in [7, 11) is 1.61. The van der Waals surface area contributed by atoms with E-state index in [-0.39, 0.29) is 5.91 Å². The fourth-order valence-electron chi connectivity index (χ4n) is 3.83. The molecule has 1 saturated heterocycles. The van der Waals surface area contributed by atoms with Gasteiger partial charge in [-0.3, -0.25) is 4.79 Å². The van der Waals surface area contributed by atoms with Crippen molar-refractivity contribution in [3.8, 4) is 5.75 Å². The van der Waals surface area contributed by atoms with Crippen LogP contribution in [0, 0.1) is 11.8 Å². The number of hydrogen-bond donors (Lipinski definition) is 0. The molecule has 0 spiro atoms. The molecule has 0 N–H and O–H groups in total. The monoisotopic (exact) mass is 354 g/mol. The number of rotatable bonds is 6. The fourth-order valence-corrected chi connectivity index (χ4v) is 3.83. The van der Waals surface area contributed by atoms with E-state index >= 15 is 0 Å². The summed E-state index contributed by atoms with van der Waals surface area (Å²) in [5.41, 5.74) is 0.646. The maximum Gasteiger partial charge on any atom is 0.257 e. The van der Waals surface area contributed by atoms with Crippen LogP contribution in [0.25, 0.3) is 0 Å². The Morgan fingerprint density at radius 2 is 2.08 bits per heavy atom. The van der Waals surface area contributed by atoms with E-state index < -0.39 is 0 Å². The lowest BCUT2D eigenvalue weighted by Crippen LogP contribution is -2.40. The summed E-state index contributed by atoms with van der Waals surface area (Å²) in [4.78, 5) is 14.9. The second-order valence-electron chi connectivity index (χ2n) is 7.51. The van der Waals surface area contributed by atoms with Gasteiger partial charge < -0.3 is 14.2 Å². The standard InChI is InChI=1S/C20H26N4O2/c1-26-18-7-3-2-6-17(18)20(25)23-10-4-5-16(13-23)11-19-22-21-14-24(19)12-15-8-9-15/h2-3,6-7,14-16H,4-5,8-13H2,1H3. The van der Waals surface area contributed by atoms with E-state index in [0.717, 1.165) is 50.6 Å². The SMILES string of the molecule is COc1ccccc1C(=O)N1CCCC(Cc2nncn2CC2CC2)C1. The Bertz CT molecular complexity index is 769. The van der Waals surface area contributed by atoms with Gasteiger partial charge >= 0.3 is 0 Å². The minimum absolute atomic E-state index is 0.0617. The van der Waals surface area contributed by atoms with Gasteiger partial charge in [0, 0.05) is 26.1 Å². The van der Waals surface area contributed by atoms with Crippen LogP contribution in [-0.4, -0.2) is 45.8 Å². The Hall–Kier alpha value is -2.37. The molecule has 26 heavy (non-hydrogen) atoms. The summed E-state index contributed by atoms with van der Waals surface area (Å²) in [5, 5.41) is 8.44. The largest absolute Gasteiger partial charge is 0.496 e. The molecule has 1 aromatic heterocycles. The quantitative estimate of drug-likeness (QED) is 0.800. The predicted octanol–water partition coefficient (Wildman–Crippen LogP) is 2.79. The third-order valence-electron chi connectivity index (χ3n) is 5.46. The number of hydrogen-bond acceptors (Lipinski definition) is 4. The molecule has 1 aliphatic carbocycles. The van der Waals surface area contributed by atoms with Gasteiger partial charge in [-0.2, -0.15) is 0 Å². The molecule has 6 heteroatoms. The molecule has 2 aliphatic rings. The second-order valence-corrected chi connectivity index (χ2v) is 7.51. The summed E-state index contributed by atoms with van der Waals surface area (Å²) >= 11 is 0. The van der Waals surface area contributed by atoms with Crippen LogP contribution in [0.1, 0.15) is 41.9 Å². The fraction of sp³-hybridized carbons (Fsp3) is 0.550. The highest BCUT2D eigenvalue weighted by molar-refractivity contribution is 5.97. The lowest BCUT2D eigenvalue weighted by molar-refractivity contribution is 0.0668. The Morgan fingerprint density at radius 3 is 2.88 bits per heavy atom. The lowest BCUT2D eigenvalue weighted by Gasteiger charge is -2.33. The van der Waals surface area contributed by atoms with Crippen LogP contribution >= 0.6 is 0 Å². The van der Waals surface area contributed by atoms with Gasteiger partial charge in [-0.25, -0.2) is 0 Å². The minimum Gasteiger partial charge on any atom is -0.496 e. The van der Waals surface area contributed by atoms with Crippen molar-refractivity contribution in [1.82, 2.24) is 19.7 Å². The summed E-state index contributed by atoms with van der Waals surface area (Å²) < 4.78 is 7.57. The predicted molar refractivity (Wildman–Crippen MR) is 98.1 cm³/mol. The number of ether oxygens (including phenoxy) is 1. The highest BCUT2D eigenvalue weighted by Crippen LogP contribution is 2.31. The van der Waals surface area contributed by atoms with Gasteiger partial charge in [-0.15, -0.1) is 10.2 Å². The average molecular weight is 354 g/mol. The third kappa shape index (κ3) is 3.74. The molecule has 1 amide bonds. The zero-order valence-electron chi connectivity index (χ0n) is 15.3. The van der Waals surface area contributed by atoms with Crippen LogP contribution < -0.4 is 4.74 Å². The summed E-state index contributed by atoms with van der Waals surface area (Å²) in [6.45, 7) is 2.62. The number of para-hydroxylation sites is 1. The first-order valence-corrected chi connectivity index (χ1v) is 9.53. The zero-order valence-corrected chi connectivity index (χ0v) is 15.3. The van der Waals surface area contributed by atoms with Crippen molar-refractivity contribution in [2.24, 2.45) is 11.8 Å². The van der Waals surface area contributed by atoms with Gasteiger partial charge in [0.2, 0.25) is 0 Å². The van der Waals surface area contributed by atoms with Crippen molar-refractivity contribution in [2.75, 3.05) is 20.2 Å². The van der Waals surface area contributed by atoms with Crippen molar-refractivity contribution in [3.63, 3.8) is 0 Å². The van der Waals surface area contributed by atoms with Crippen molar-refractivity contribution >= 4 is 5.91 Å². The van der Waals surface area contributed by atoms with E-state index in [0.29, 0.717) is 17.2 Å². The second kappa shape index (κ2) is 7.48. The Balaban J connectivity index is 1.42. The van der Waals surface area contributed by atoms with Crippen molar-refractivity contribution < 1.29 is 9.53 Å². The molecule has 138 valence electrons. The van der Waals surface area contributed by atoms with E-state index in [4.69, 9.17) is 4.74 Å². The van der Waals surface area contributed by atoms with E-state index in [1.54, 1.807) is 7.11 Å². The number of likely N-dealkylation sites (tertiary alicyclic amines) is 1. The van der Waals surface area contributed by atoms with Gasteiger partial charge in [0.05, 0.1) is 12.7 Å². The molecule has 1 aliphatic heterocycles. The Labute approximate surface area is 154 Å². The third-order valence-corrected chi connectivity index (χ3v) is 5.46. The van der Waals surface area contributed by atoms with Gasteiger partial charge in [0.1, 0.15) is 17.9 Å². The first kappa shape index (κ1) is 17.1. The molecule has 2 fully saturated rings. The molecular formula is C20H26N4O2. The summed E-state index contributed by atoms with van der Waals surface area (Å²) in [5.74, 6) is 3.01. The smallest absolute Gasteiger partial charge is 0.257 e. The number of methoxy groups -OCH3 is 1. The van der Waals surface area contributed by atoms with Crippen molar-refractivity contribution in [3.05, 3.63) is 42.0 Å². The van der Waals surface area contributed by atoms with Crippen LogP contribution in [0.3, 0.4) is 0 Å². The maximum atomic E-state index is 13.0. The summed E-state index contributed by atoms with van der Waals surface area (Å²) in [6, 6.07) is 7.46. The van der Waals surface area contributed by atoms with Crippen molar-refractivity contribution in [2.45, 2.75) is 38.6 Å². The van der Waals surface area contributed by atoms with Gasteiger partial charge in [-0.1, -0.05) is 12.1 Å². The van der Waals surface area contributed by atoms with Crippen LogP contribution in [0.4, 0.5) is 0 Å². The molecule has 1 atom stereocenters. The van der Waals surface area contributed by atoms with E-state index in [2.05, 4.69) is 14.8 Å². The van der Waals surface area contributed by atoms with Gasteiger partial charge in [-0.05, 0) is 49.7 Å². The highest BCUT2D eigenvalue weighted by atomic mass is 16.5. The topological polar surface area (TPSA) is 60.2 Å². The summed E-state index contributed by atoms with van der Waals surface area (Å²) in [6.07, 6.45) is 7.55. The maximum absolute atomic E-state index is 13.0. The number of carbonyl (C=O) groups is 1. The van der Waals surface area contributed by atoms with Crippen molar-refractivity contribution in [1.29, 1.82) is 0 Å². The molecule has 1 unspecified atom stereocenters. The lowest BCUT2D eigenvalue weighted by atomic mass is 9.94. The number of amides is 1. The first-order valence-electron chi connectivity index (χ1n) is 9.53. The van der Waals surface area contributed by atoms with E-state index in [9.17, 15) is 4.79 Å². The number of carbonyl (C=O) groups excluding carboxylic acids is 1. The molecular weight excluding hydrogens is 328 g/mol. The molecule has 2 aromatic rings. The highest BCUT2D eigenvalue weighted by Gasteiger charge is 2.28. The Morgan fingerprint density at radius 1 is 1.23 bits per heavy atom. The number of nitrogens with zero attached hydrogens (tertiary/aromatic N) is 4. The minimum atomic E-state index is 0.0617. The number of aromatic nitrogens is 3. The molecule has 2 heterocycles. The number of piperidine rings is 1. The van der Waals surface area contributed by atoms with Crippen LogP contribution in [0.5, 0.6) is 5.75 Å². The van der Waals surface area contributed by atoms with Crippen LogP contribution in [0.2, 0.25) is 0 Å². The van der Waals surface area contributed by atoms with Crippen LogP contribution in [-0.2, 0) is 13.0 Å². The molecule has 0 radical (unpaired) electrons. The first-order chi connectivity index (χ1) is 12.7. The van der Waals surface area contributed by atoms with E-state index in [1.807, 2.05) is 35.5 Å². The molecule has 0 bridgehead atoms. The molecule has 6 nitrogen and oxygen atoms in total. The molecule has 1 saturated carbocycles. The average Bonchev–Trinajstić information content (AvgIpc) is 3.40. The Kier molecular flexibility index (Phi) is 4.91. The normalized spacial score (nSPS) is 20.2. The molecule has 1 aromatic carbocycles. The van der Waals surface area contributed by atoms with Crippen LogP contribution in [0.15, 0.2) is 30.6 Å². The molecule has 4 rings (SSSR count). The zero-order chi connectivity index (χ0) is 17.9. The van der Waals surface area contributed by atoms with Gasteiger partial charge in [0.15, 0.2) is 0 Å². The van der Waals surface area contributed by atoms with Gasteiger partial charge in [0.25, 0.3) is 5.91 Å². The van der Waals surface area contributed by atoms with E-state index in [1.165, 1.54) is 12.8 Å². The number of benzene rings is 1.